The molecular formula is C16H14N2O2. The third-order valence-corrected chi connectivity index (χ3v) is 3.32. The van der Waals surface area contributed by atoms with Crippen molar-refractivity contribution >= 4 is 11.6 Å². The average molecular weight is 266 g/mol. The van der Waals surface area contributed by atoms with E-state index in [-0.39, 0.29) is 5.97 Å². The Bertz CT molecular complexity index is 776. The van der Waals surface area contributed by atoms with Crippen molar-refractivity contribution in [3.63, 3.8) is 0 Å². The predicted molar refractivity (Wildman–Crippen MR) is 76.7 cm³/mol. The number of benzene rings is 1. The van der Waals surface area contributed by atoms with E-state index in [1.54, 1.807) is 12.3 Å². The molecule has 0 N–H and O–H groups in total. The molecule has 0 amide bonds. The summed E-state index contributed by atoms with van der Waals surface area (Å²) in [4.78, 5) is 16.3. The second kappa shape index (κ2) is 4.81. The van der Waals surface area contributed by atoms with E-state index < -0.39 is 0 Å². The zero-order valence-corrected chi connectivity index (χ0v) is 11.3. The van der Waals surface area contributed by atoms with Gasteiger partial charge in [-0.05, 0) is 18.6 Å². The monoisotopic (exact) mass is 266 g/mol. The molecule has 3 aromatic rings. The van der Waals surface area contributed by atoms with E-state index >= 15 is 0 Å². The van der Waals surface area contributed by atoms with Crippen LogP contribution in [0.3, 0.4) is 0 Å². The van der Waals surface area contributed by atoms with E-state index in [1.165, 1.54) is 7.11 Å². The van der Waals surface area contributed by atoms with E-state index in [9.17, 15) is 4.79 Å². The standard InChI is InChI=1S/C16H14N2O2/c1-11-9-17-15-8-13(16(19)20-2)14(10-18(11)15)12-6-4-3-5-7-12/h3-10H,1-2H3. The highest BCUT2D eigenvalue weighted by Gasteiger charge is 2.16. The number of fused-ring (bicyclic) bond motifs is 1. The first-order valence-electron chi connectivity index (χ1n) is 6.32. The molecule has 4 heteroatoms. The van der Waals surface area contributed by atoms with Gasteiger partial charge in [0.25, 0.3) is 0 Å². The topological polar surface area (TPSA) is 43.6 Å². The summed E-state index contributed by atoms with van der Waals surface area (Å²) in [5, 5.41) is 0. The molecule has 0 unspecified atom stereocenters. The predicted octanol–water partition coefficient (Wildman–Crippen LogP) is 3.10. The zero-order valence-electron chi connectivity index (χ0n) is 11.3. The molecule has 0 saturated carbocycles. The highest BCUT2D eigenvalue weighted by molar-refractivity contribution is 5.98. The first-order chi connectivity index (χ1) is 9.70. The number of rotatable bonds is 2. The van der Waals surface area contributed by atoms with Gasteiger partial charge < -0.3 is 9.14 Å². The fourth-order valence-electron chi connectivity index (χ4n) is 2.27. The van der Waals surface area contributed by atoms with Crippen molar-refractivity contribution in [2.75, 3.05) is 7.11 Å². The molecule has 0 aliphatic rings. The molecule has 20 heavy (non-hydrogen) atoms. The Labute approximate surface area is 116 Å². The Morgan fingerprint density at radius 1 is 1.25 bits per heavy atom. The number of carbonyl (C=O) groups is 1. The third kappa shape index (κ3) is 1.95. The number of imidazole rings is 1. The van der Waals surface area contributed by atoms with Gasteiger partial charge in [-0.1, -0.05) is 30.3 Å². The molecule has 0 atom stereocenters. The minimum absolute atomic E-state index is 0.355. The second-order valence-electron chi connectivity index (χ2n) is 4.59. The van der Waals surface area contributed by atoms with E-state index in [0.717, 1.165) is 22.5 Å². The van der Waals surface area contributed by atoms with Crippen LogP contribution >= 0.6 is 0 Å². The molecule has 2 heterocycles. The summed E-state index contributed by atoms with van der Waals surface area (Å²) in [6.07, 6.45) is 3.71. The second-order valence-corrected chi connectivity index (χ2v) is 4.59. The van der Waals surface area contributed by atoms with Crippen molar-refractivity contribution in [3.05, 3.63) is 60.0 Å². The van der Waals surface area contributed by atoms with Crippen LogP contribution in [0.5, 0.6) is 0 Å². The number of methoxy groups -OCH3 is 1. The molecule has 1 aromatic carbocycles. The molecule has 100 valence electrons. The van der Waals surface area contributed by atoms with Gasteiger partial charge in [0.2, 0.25) is 0 Å². The van der Waals surface area contributed by atoms with E-state index in [2.05, 4.69) is 4.98 Å². The number of aryl methyl sites for hydroxylation is 1. The SMILES string of the molecule is COC(=O)c1cc2ncc(C)n2cc1-c1ccccc1. The summed E-state index contributed by atoms with van der Waals surface area (Å²) < 4.78 is 6.85. The first kappa shape index (κ1) is 12.4. The fraction of sp³-hybridized carbons (Fsp3) is 0.125. The summed E-state index contributed by atoms with van der Waals surface area (Å²) in [6, 6.07) is 11.5. The Morgan fingerprint density at radius 3 is 2.70 bits per heavy atom. The van der Waals surface area contributed by atoms with Gasteiger partial charge in [0.1, 0.15) is 5.65 Å². The van der Waals surface area contributed by atoms with Gasteiger partial charge in [-0.25, -0.2) is 9.78 Å². The maximum Gasteiger partial charge on any atom is 0.338 e. The zero-order chi connectivity index (χ0) is 14.1. The smallest absolute Gasteiger partial charge is 0.338 e. The molecule has 0 radical (unpaired) electrons. The normalized spacial score (nSPS) is 10.7. The van der Waals surface area contributed by atoms with Crippen LogP contribution in [-0.2, 0) is 4.74 Å². The van der Waals surface area contributed by atoms with E-state index in [1.807, 2.05) is 47.9 Å². The summed E-state index contributed by atoms with van der Waals surface area (Å²) >= 11 is 0. The maximum absolute atomic E-state index is 12.0. The molecule has 2 aromatic heterocycles. The van der Waals surface area contributed by atoms with Crippen LogP contribution in [0.1, 0.15) is 16.1 Å². The van der Waals surface area contributed by atoms with Crippen LogP contribution in [0.15, 0.2) is 48.8 Å². The maximum atomic E-state index is 12.0. The lowest BCUT2D eigenvalue weighted by molar-refractivity contribution is 0.0601. The van der Waals surface area contributed by atoms with Crippen LogP contribution in [0.25, 0.3) is 16.8 Å². The van der Waals surface area contributed by atoms with Crippen LogP contribution in [0.2, 0.25) is 0 Å². The van der Waals surface area contributed by atoms with Crippen LogP contribution in [-0.4, -0.2) is 22.5 Å². The third-order valence-electron chi connectivity index (χ3n) is 3.32. The summed E-state index contributed by atoms with van der Waals surface area (Å²) in [5.41, 5.74) is 4.10. The highest BCUT2D eigenvalue weighted by atomic mass is 16.5. The lowest BCUT2D eigenvalue weighted by atomic mass is 10.0. The number of ether oxygens (including phenoxy) is 1. The van der Waals surface area contributed by atoms with Gasteiger partial charge in [-0.2, -0.15) is 0 Å². The number of pyridine rings is 1. The Hall–Kier alpha value is -2.62. The number of carbonyl (C=O) groups excluding carboxylic acids is 1. The molecular weight excluding hydrogens is 252 g/mol. The van der Waals surface area contributed by atoms with Crippen LogP contribution in [0, 0.1) is 6.92 Å². The Kier molecular flexibility index (Phi) is 2.99. The van der Waals surface area contributed by atoms with Crippen molar-refractivity contribution in [2.24, 2.45) is 0 Å². The first-order valence-corrected chi connectivity index (χ1v) is 6.32. The summed E-state index contributed by atoms with van der Waals surface area (Å²) in [7, 11) is 1.39. The van der Waals surface area contributed by atoms with Crippen LogP contribution in [0.4, 0.5) is 0 Å². The average Bonchev–Trinajstić information content (AvgIpc) is 2.87. The molecule has 0 fully saturated rings. The van der Waals surface area contributed by atoms with Crippen molar-refractivity contribution in [3.8, 4) is 11.1 Å². The molecule has 0 aliphatic heterocycles. The Morgan fingerprint density at radius 2 is 2.00 bits per heavy atom. The molecule has 0 spiro atoms. The van der Waals surface area contributed by atoms with Crippen LogP contribution < -0.4 is 0 Å². The molecule has 0 aliphatic carbocycles. The number of hydrogen-bond donors (Lipinski definition) is 0. The minimum Gasteiger partial charge on any atom is -0.465 e. The minimum atomic E-state index is -0.355. The van der Waals surface area contributed by atoms with Gasteiger partial charge in [0.05, 0.1) is 12.7 Å². The molecule has 4 nitrogen and oxygen atoms in total. The van der Waals surface area contributed by atoms with Gasteiger partial charge in [0.15, 0.2) is 0 Å². The summed E-state index contributed by atoms with van der Waals surface area (Å²) in [5.74, 6) is -0.355. The number of esters is 1. The van der Waals surface area contributed by atoms with Gasteiger partial charge >= 0.3 is 5.97 Å². The van der Waals surface area contributed by atoms with Gasteiger partial charge in [-0.3, -0.25) is 0 Å². The number of nitrogens with zero attached hydrogens (tertiary/aromatic N) is 2. The number of aromatic nitrogens is 2. The van der Waals surface area contributed by atoms with Crippen molar-refractivity contribution in [1.29, 1.82) is 0 Å². The summed E-state index contributed by atoms with van der Waals surface area (Å²) in [6.45, 7) is 1.98. The van der Waals surface area contributed by atoms with E-state index in [0.29, 0.717) is 5.56 Å². The fourth-order valence-corrected chi connectivity index (χ4v) is 2.27. The largest absolute Gasteiger partial charge is 0.465 e. The van der Waals surface area contributed by atoms with E-state index in [4.69, 9.17) is 4.74 Å². The molecule has 0 saturated heterocycles. The van der Waals surface area contributed by atoms with Gasteiger partial charge in [-0.15, -0.1) is 0 Å². The van der Waals surface area contributed by atoms with Crippen molar-refractivity contribution in [2.45, 2.75) is 6.92 Å². The van der Waals surface area contributed by atoms with Gasteiger partial charge in [0, 0.05) is 23.7 Å². The molecule has 0 bridgehead atoms. The lowest BCUT2D eigenvalue weighted by Gasteiger charge is -2.10. The van der Waals surface area contributed by atoms with Crippen molar-refractivity contribution in [1.82, 2.24) is 9.38 Å². The quantitative estimate of drug-likeness (QED) is 0.669. The highest BCUT2D eigenvalue weighted by Crippen LogP contribution is 2.26. The molecule has 3 rings (SSSR count). The number of hydrogen-bond acceptors (Lipinski definition) is 3. The Balaban J connectivity index is 2.31. The van der Waals surface area contributed by atoms with Crippen molar-refractivity contribution < 1.29 is 9.53 Å². The lowest BCUT2D eigenvalue weighted by Crippen LogP contribution is -2.05.